The summed E-state index contributed by atoms with van der Waals surface area (Å²) in [5.74, 6) is 0.277. The maximum absolute atomic E-state index is 12.3. The molecule has 24 heavy (non-hydrogen) atoms. The molecule has 0 radical (unpaired) electrons. The zero-order chi connectivity index (χ0) is 17.7. The van der Waals surface area contributed by atoms with E-state index in [2.05, 4.69) is 20.3 Å². The van der Waals surface area contributed by atoms with Crippen LogP contribution in [-0.4, -0.2) is 46.3 Å². The van der Waals surface area contributed by atoms with Gasteiger partial charge in [-0.3, -0.25) is 19.9 Å². The van der Waals surface area contributed by atoms with Crippen molar-refractivity contribution in [2.75, 3.05) is 26.1 Å². The highest BCUT2D eigenvalue weighted by Crippen LogP contribution is 2.14. The summed E-state index contributed by atoms with van der Waals surface area (Å²) >= 11 is 0. The van der Waals surface area contributed by atoms with E-state index in [-0.39, 0.29) is 29.9 Å². The highest BCUT2D eigenvalue weighted by Gasteiger charge is 2.17. The van der Waals surface area contributed by atoms with Crippen molar-refractivity contribution < 1.29 is 14.3 Å². The largest absolute Gasteiger partial charge is 0.385 e. The van der Waals surface area contributed by atoms with Gasteiger partial charge in [0.2, 0.25) is 11.9 Å². The van der Waals surface area contributed by atoms with Crippen LogP contribution < -0.4 is 10.9 Å². The van der Waals surface area contributed by atoms with Crippen molar-refractivity contribution in [1.82, 2.24) is 19.5 Å². The lowest BCUT2D eigenvalue weighted by Crippen LogP contribution is -2.22. The number of aromatic nitrogens is 4. The maximum Gasteiger partial charge on any atom is 0.280 e. The molecule has 132 valence electrons. The number of fused-ring (bicyclic) bond motifs is 1. The second-order valence-electron chi connectivity index (χ2n) is 5.69. The van der Waals surface area contributed by atoms with Crippen LogP contribution in [0.25, 0.3) is 11.2 Å². The summed E-state index contributed by atoms with van der Waals surface area (Å²) in [6.45, 7) is 4.94. The molecule has 2 heterocycles. The fraction of sp³-hybridized carbons (Fsp3) is 0.600. The van der Waals surface area contributed by atoms with Gasteiger partial charge < -0.3 is 14.0 Å². The Labute approximate surface area is 139 Å². The topological polar surface area (TPSA) is 111 Å². The molecule has 0 spiro atoms. The molecular weight excluding hydrogens is 314 g/mol. The highest BCUT2D eigenvalue weighted by molar-refractivity contribution is 5.91. The van der Waals surface area contributed by atoms with Crippen LogP contribution in [-0.2, 0) is 27.4 Å². The predicted octanol–water partition coefficient (Wildman–Crippen LogP) is 0.897. The first-order chi connectivity index (χ1) is 11.5. The molecular formula is C15H23N5O4. The molecule has 9 heteroatoms. The highest BCUT2D eigenvalue weighted by atomic mass is 16.5. The van der Waals surface area contributed by atoms with Gasteiger partial charge >= 0.3 is 0 Å². The maximum atomic E-state index is 12.3. The Kier molecular flexibility index (Phi) is 6.04. The Morgan fingerprint density at radius 2 is 2.04 bits per heavy atom. The number of nitrogens with one attached hydrogen (secondary N) is 2. The molecule has 0 aliphatic heterocycles. The number of rotatable bonds is 8. The monoisotopic (exact) mass is 337 g/mol. The smallest absolute Gasteiger partial charge is 0.280 e. The summed E-state index contributed by atoms with van der Waals surface area (Å²) in [4.78, 5) is 35.3. The molecule has 2 aromatic rings. The number of aromatic amines is 1. The zero-order valence-electron chi connectivity index (χ0n) is 14.4. The fourth-order valence-electron chi connectivity index (χ4n) is 2.22. The quantitative estimate of drug-likeness (QED) is 0.692. The van der Waals surface area contributed by atoms with Crippen molar-refractivity contribution in [2.24, 2.45) is 5.92 Å². The lowest BCUT2D eigenvalue weighted by molar-refractivity contribution is -0.118. The number of carbonyl (C=O) groups excluding carboxylic acids is 1. The zero-order valence-corrected chi connectivity index (χ0v) is 14.4. The first kappa shape index (κ1) is 18.1. The molecule has 0 atom stereocenters. The van der Waals surface area contributed by atoms with E-state index < -0.39 is 5.56 Å². The standard InChI is InChI=1S/C15H23N5O4/c1-9(2)13(21)18-15-17-12-11(14(22)19-15)16-10(8-24-4)20(12)6-5-7-23-3/h9H,5-8H2,1-4H3,(H2,17,18,19,21,22). The van der Waals surface area contributed by atoms with Crippen LogP contribution in [0, 0.1) is 5.92 Å². The van der Waals surface area contributed by atoms with Crippen molar-refractivity contribution in [1.29, 1.82) is 0 Å². The van der Waals surface area contributed by atoms with Gasteiger partial charge in [0.05, 0.1) is 0 Å². The van der Waals surface area contributed by atoms with Gasteiger partial charge in [0.25, 0.3) is 5.56 Å². The van der Waals surface area contributed by atoms with Crippen LogP contribution in [0.2, 0.25) is 0 Å². The van der Waals surface area contributed by atoms with Crippen LogP contribution >= 0.6 is 0 Å². The van der Waals surface area contributed by atoms with Crippen LogP contribution in [0.3, 0.4) is 0 Å². The van der Waals surface area contributed by atoms with E-state index in [1.54, 1.807) is 28.1 Å². The lowest BCUT2D eigenvalue weighted by atomic mass is 10.2. The van der Waals surface area contributed by atoms with Gasteiger partial charge in [0.1, 0.15) is 12.4 Å². The van der Waals surface area contributed by atoms with Crippen LogP contribution in [0.1, 0.15) is 26.1 Å². The number of nitrogens with zero attached hydrogens (tertiary/aromatic N) is 3. The van der Waals surface area contributed by atoms with Gasteiger partial charge in [-0.25, -0.2) is 4.98 Å². The third-order valence-electron chi connectivity index (χ3n) is 3.45. The summed E-state index contributed by atoms with van der Waals surface area (Å²) in [5.41, 5.74) is 0.241. The Morgan fingerprint density at radius 1 is 1.29 bits per heavy atom. The van der Waals surface area contributed by atoms with E-state index in [0.29, 0.717) is 24.6 Å². The van der Waals surface area contributed by atoms with Crippen LogP contribution in [0.4, 0.5) is 5.95 Å². The molecule has 0 saturated heterocycles. The SMILES string of the molecule is COCCCn1c(COC)nc2c(=O)[nH]c(NC(=O)C(C)C)nc21. The van der Waals surface area contributed by atoms with Gasteiger partial charge in [0.15, 0.2) is 11.2 Å². The number of amides is 1. The number of ether oxygens (including phenoxy) is 2. The molecule has 2 N–H and O–H groups in total. The van der Waals surface area contributed by atoms with Crippen molar-refractivity contribution in [3.05, 3.63) is 16.2 Å². The van der Waals surface area contributed by atoms with Crippen molar-refractivity contribution in [2.45, 2.75) is 33.4 Å². The minimum absolute atomic E-state index is 0.114. The van der Waals surface area contributed by atoms with E-state index in [0.717, 1.165) is 6.42 Å². The molecule has 2 rings (SSSR count). The first-order valence-electron chi connectivity index (χ1n) is 7.76. The second-order valence-corrected chi connectivity index (χ2v) is 5.69. The number of methoxy groups -OCH3 is 2. The Balaban J connectivity index is 2.46. The Morgan fingerprint density at radius 3 is 2.67 bits per heavy atom. The first-order valence-corrected chi connectivity index (χ1v) is 7.76. The Hall–Kier alpha value is -2.26. The normalized spacial score (nSPS) is 11.4. The van der Waals surface area contributed by atoms with Crippen molar-refractivity contribution >= 4 is 23.0 Å². The lowest BCUT2D eigenvalue weighted by Gasteiger charge is -2.09. The average Bonchev–Trinajstić information content (AvgIpc) is 2.86. The molecule has 0 fully saturated rings. The minimum atomic E-state index is -0.401. The molecule has 0 aliphatic carbocycles. The second kappa shape index (κ2) is 8.02. The van der Waals surface area contributed by atoms with E-state index in [1.807, 2.05) is 4.57 Å². The predicted molar refractivity (Wildman–Crippen MR) is 88.8 cm³/mol. The minimum Gasteiger partial charge on any atom is -0.385 e. The summed E-state index contributed by atoms with van der Waals surface area (Å²) < 4.78 is 12.0. The van der Waals surface area contributed by atoms with Gasteiger partial charge in [-0.15, -0.1) is 0 Å². The fourth-order valence-corrected chi connectivity index (χ4v) is 2.22. The molecule has 0 unspecified atom stereocenters. The summed E-state index contributed by atoms with van der Waals surface area (Å²) in [6.07, 6.45) is 0.737. The third kappa shape index (κ3) is 3.98. The van der Waals surface area contributed by atoms with E-state index >= 15 is 0 Å². The van der Waals surface area contributed by atoms with Gasteiger partial charge in [-0.1, -0.05) is 13.8 Å². The van der Waals surface area contributed by atoms with Crippen molar-refractivity contribution in [3.63, 3.8) is 0 Å². The van der Waals surface area contributed by atoms with Gasteiger partial charge in [0, 0.05) is 33.3 Å². The third-order valence-corrected chi connectivity index (χ3v) is 3.45. The number of hydrogen-bond acceptors (Lipinski definition) is 6. The number of H-pyrrole nitrogens is 1. The molecule has 2 aromatic heterocycles. The van der Waals surface area contributed by atoms with E-state index in [9.17, 15) is 9.59 Å². The molecule has 0 aromatic carbocycles. The van der Waals surface area contributed by atoms with Gasteiger partial charge in [-0.05, 0) is 6.42 Å². The summed E-state index contributed by atoms with van der Waals surface area (Å²) in [6, 6.07) is 0. The molecule has 0 bridgehead atoms. The van der Waals surface area contributed by atoms with E-state index in [1.165, 1.54) is 0 Å². The number of hydrogen-bond donors (Lipinski definition) is 2. The molecule has 1 amide bonds. The molecule has 9 nitrogen and oxygen atoms in total. The van der Waals surface area contributed by atoms with Gasteiger partial charge in [-0.2, -0.15) is 4.98 Å². The average molecular weight is 337 g/mol. The number of imidazole rings is 1. The molecule has 0 saturated carbocycles. The van der Waals surface area contributed by atoms with E-state index in [4.69, 9.17) is 9.47 Å². The summed E-state index contributed by atoms with van der Waals surface area (Å²) in [5, 5.41) is 2.61. The number of anilines is 1. The summed E-state index contributed by atoms with van der Waals surface area (Å²) in [7, 11) is 3.19. The number of carbonyl (C=O) groups is 1. The van der Waals surface area contributed by atoms with Crippen molar-refractivity contribution in [3.8, 4) is 0 Å². The van der Waals surface area contributed by atoms with Crippen LogP contribution in [0.5, 0.6) is 0 Å². The molecule has 0 aliphatic rings. The van der Waals surface area contributed by atoms with Crippen LogP contribution in [0.15, 0.2) is 4.79 Å². The number of aryl methyl sites for hydroxylation is 1. The Bertz CT molecular complexity index is 765.